The van der Waals surface area contributed by atoms with Gasteiger partial charge in [0, 0.05) is 4.88 Å². The Morgan fingerprint density at radius 2 is 1.62 bits per heavy atom. The van der Waals surface area contributed by atoms with Crippen LogP contribution in [0.3, 0.4) is 0 Å². The van der Waals surface area contributed by atoms with E-state index >= 15 is 0 Å². The van der Waals surface area contributed by atoms with E-state index in [4.69, 9.17) is 27.9 Å². The number of carbonyl (C=O) groups is 3. The predicted octanol–water partition coefficient (Wildman–Crippen LogP) is 7.22. The summed E-state index contributed by atoms with van der Waals surface area (Å²) in [5.74, 6) is -0.930. The number of hydrogen-bond acceptors (Lipinski definition) is 5. The Labute approximate surface area is 229 Å². The zero-order chi connectivity index (χ0) is 26.4. The standard InChI is InChI=1S/C27H27Cl2N3O4S/c1-36-26(34)22(17-11-6-3-7-12-17)31-25(33)24-20(15-21(37-24)16-9-4-2-5-10-16)30-27(35)32-23-18(28)13-8-14-19(23)29/h2,4-5,8-10,13-15,17,22H,3,6-7,11-12H2,1H3,(H,31,33)(H2,30,32,35)/t22-/m0/s1. The van der Waals surface area contributed by atoms with Crippen LogP contribution in [0.1, 0.15) is 41.8 Å². The molecule has 0 saturated heterocycles. The molecule has 1 aliphatic rings. The van der Waals surface area contributed by atoms with Gasteiger partial charge in [-0.2, -0.15) is 0 Å². The number of esters is 1. The van der Waals surface area contributed by atoms with Gasteiger partial charge < -0.3 is 20.7 Å². The molecule has 3 aromatic rings. The van der Waals surface area contributed by atoms with E-state index in [2.05, 4.69) is 16.0 Å². The maximum Gasteiger partial charge on any atom is 0.328 e. The Morgan fingerprint density at radius 1 is 0.946 bits per heavy atom. The van der Waals surface area contributed by atoms with Crippen molar-refractivity contribution >= 4 is 63.8 Å². The Balaban J connectivity index is 1.61. The lowest BCUT2D eigenvalue weighted by molar-refractivity contribution is -0.144. The van der Waals surface area contributed by atoms with Crippen LogP contribution in [0.2, 0.25) is 10.0 Å². The molecule has 0 spiro atoms. The second-order valence-electron chi connectivity index (χ2n) is 8.77. The number of benzene rings is 2. The normalized spacial score (nSPS) is 14.5. The summed E-state index contributed by atoms with van der Waals surface area (Å²) in [6, 6.07) is 14.8. The number of hydrogen-bond donors (Lipinski definition) is 3. The van der Waals surface area contributed by atoms with Crippen LogP contribution in [-0.4, -0.2) is 31.1 Å². The molecule has 3 N–H and O–H groups in total. The Kier molecular flexibility index (Phi) is 9.08. The van der Waals surface area contributed by atoms with E-state index in [-0.39, 0.29) is 26.5 Å². The molecule has 0 bridgehead atoms. The van der Waals surface area contributed by atoms with Crippen LogP contribution in [0.15, 0.2) is 54.6 Å². The smallest absolute Gasteiger partial charge is 0.328 e. The Bertz CT molecular complexity index is 1260. The van der Waals surface area contributed by atoms with Gasteiger partial charge in [0.05, 0.1) is 28.5 Å². The van der Waals surface area contributed by atoms with Crippen molar-refractivity contribution in [2.75, 3.05) is 17.7 Å². The fourth-order valence-electron chi connectivity index (χ4n) is 4.45. The molecular formula is C27H27Cl2N3O4S. The van der Waals surface area contributed by atoms with Gasteiger partial charge in [-0.1, -0.05) is 78.9 Å². The van der Waals surface area contributed by atoms with Crippen molar-refractivity contribution < 1.29 is 19.1 Å². The van der Waals surface area contributed by atoms with Gasteiger partial charge >= 0.3 is 12.0 Å². The molecule has 1 heterocycles. The summed E-state index contributed by atoms with van der Waals surface area (Å²) in [6.45, 7) is 0. The predicted molar refractivity (Wildman–Crippen MR) is 149 cm³/mol. The number of methoxy groups -OCH3 is 1. The van der Waals surface area contributed by atoms with Gasteiger partial charge in [0.25, 0.3) is 5.91 Å². The highest BCUT2D eigenvalue weighted by molar-refractivity contribution is 7.18. The SMILES string of the molecule is COC(=O)[C@@H](NC(=O)c1sc(-c2ccccc2)cc1NC(=O)Nc1c(Cl)cccc1Cl)C1CCCCC1. The molecule has 1 atom stereocenters. The number of thiophene rings is 1. The van der Waals surface area contributed by atoms with Crippen molar-refractivity contribution in [3.63, 3.8) is 0 Å². The van der Waals surface area contributed by atoms with Crippen LogP contribution < -0.4 is 16.0 Å². The lowest BCUT2D eigenvalue weighted by Crippen LogP contribution is -2.47. The van der Waals surface area contributed by atoms with E-state index in [1.54, 1.807) is 24.3 Å². The minimum absolute atomic E-state index is 0.000721. The molecule has 3 amide bonds. The van der Waals surface area contributed by atoms with Crippen molar-refractivity contribution in [2.24, 2.45) is 5.92 Å². The first-order chi connectivity index (χ1) is 17.9. The molecule has 1 fully saturated rings. The van der Waals surface area contributed by atoms with Gasteiger partial charge in [-0.3, -0.25) is 4.79 Å². The maximum absolute atomic E-state index is 13.5. The van der Waals surface area contributed by atoms with E-state index in [9.17, 15) is 14.4 Å². The molecule has 4 rings (SSSR count). The first-order valence-corrected chi connectivity index (χ1v) is 13.5. The van der Waals surface area contributed by atoms with E-state index in [0.717, 1.165) is 42.5 Å². The summed E-state index contributed by atoms with van der Waals surface area (Å²) < 4.78 is 5.01. The van der Waals surface area contributed by atoms with Crippen molar-refractivity contribution in [3.05, 3.63) is 69.5 Å². The number of halogens is 2. The fraction of sp³-hybridized carbons (Fsp3) is 0.296. The second kappa shape index (κ2) is 12.4. The number of rotatable bonds is 7. The molecule has 1 saturated carbocycles. The van der Waals surface area contributed by atoms with Crippen LogP contribution in [-0.2, 0) is 9.53 Å². The zero-order valence-electron chi connectivity index (χ0n) is 20.2. The summed E-state index contributed by atoms with van der Waals surface area (Å²) in [4.78, 5) is 40.0. The van der Waals surface area contributed by atoms with Crippen LogP contribution in [0.4, 0.5) is 16.2 Å². The molecular weight excluding hydrogens is 533 g/mol. The average molecular weight is 561 g/mol. The molecule has 0 unspecified atom stereocenters. The third kappa shape index (κ3) is 6.63. The van der Waals surface area contributed by atoms with E-state index in [0.29, 0.717) is 5.69 Å². The maximum atomic E-state index is 13.5. The fourth-order valence-corrected chi connectivity index (χ4v) is 5.97. The monoisotopic (exact) mass is 559 g/mol. The summed E-state index contributed by atoms with van der Waals surface area (Å²) in [7, 11) is 1.32. The van der Waals surface area contributed by atoms with E-state index in [1.807, 2.05) is 30.3 Å². The average Bonchev–Trinajstić information content (AvgIpc) is 3.33. The van der Waals surface area contributed by atoms with Crippen molar-refractivity contribution in [2.45, 2.75) is 38.1 Å². The molecule has 37 heavy (non-hydrogen) atoms. The highest BCUT2D eigenvalue weighted by Gasteiger charge is 2.33. The van der Waals surface area contributed by atoms with Gasteiger partial charge in [-0.05, 0) is 42.5 Å². The van der Waals surface area contributed by atoms with Crippen LogP contribution in [0.25, 0.3) is 10.4 Å². The van der Waals surface area contributed by atoms with Gasteiger partial charge in [0.15, 0.2) is 0 Å². The third-order valence-electron chi connectivity index (χ3n) is 6.31. The first kappa shape index (κ1) is 27.0. The van der Waals surface area contributed by atoms with Gasteiger partial charge in [0.1, 0.15) is 10.9 Å². The van der Waals surface area contributed by atoms with Crippen molar-refractivity contribution in [3.8, 4) is 10.4 Å². The molecule has 194 valence electrons. The topological polar surface area (TPSA) is 96.5 Å². The minimum atomic E-state index is -0.760. The summed E-state index contributed by atoms with van der Waals surface area (Å²) in [5.41, 5.74) is 1.45. The van der Waals surface area contributed by atoms with Gasteiger partial charge in [0.2, 0.25) is 0 Å². The molecule has 10 heteroatoms. The van der Waals surface area contributed by atoms with E-state index in [1.165, 1.54) is 18.4 Å². The molecule has 7 nitrogen and oxygen atoms in total. The molecule has 1 aliphatic carbocycles. The van der Waals surface area contributed by atoms with Gasteiger partial charge in [-0.25, -0.2) is 9.59 Å². The zero-order valence-corrected chi connectivity index (χ0v) is 22.5. The van der Waals surface area contributed by atoms with E-state index < -0.39 is 23.9 Å². The largest absolute Gasteiger partial charge is 0.467 e. The number of ether oxygens (including phenoxy) is 1. The molecule has 1 aromatic heterocycles. The number of carbonyl (C=O) groups excluding carboxylic acids is 3. The number of urea groups is 1. The minimum Gasteiger partial charge on any atom is -0.467 e. The summed E-state index contributed by atoms with van der Waals surface area (Å²) >= 11 is 13.6. The first-order valence-electron chi connectivity index (χ1n) is 12.0. The highest BCUT2D eigenvalue weighted by Crippen LogP contribution is 2.36. The van der Waals surface area contributed by atoms with Crippen molar-refractivity contribution in [1.82, 2.24) is 5.32 Å². The van der Waals surface area contributed by atoms with Crippen LogP contribution in [0, 0.1) is 5.92 Å². The quantitative estimate of drug-likeness (QED) is 0.266. The lowest BCUT2D eigenvalue weighted by atomic mass is 9.84. The van der Waals surface area contributed by atoms with Crippen molar-refractivity contribution in [1.29, 1.82) is 0 Å². The van der Waals surface area contributed by atoms with Crippen LogP contribution >= 0.6 is 34.5 Å². The van der Waals surface area contributed by atoms with Gasteiger partial charge in [-0.15, -0.1) is 11.3 Å². The molecule has 0 aliphatic heterocycles. The number of amides is 3. The number of anilines is 2. The third-order valence-corrected chi connectivity index (χ3v) is 8.12. The highest BCUT2D eigenvalue weighted by atomic mass is 35.5. The summed E-state index contributed by atoms with van der Waals surface area (Å²) in [6.07, 6.45) is 4.80. The Morgan fingerprint density at radius 3 is 2.27 bits per heavy atom. The van der Waals surface area contributed by atoms with Crippen LogP contribution in [0.5, 0.6) is 0 Å². The molecule has 2 aromatic carbocycles. The second-order valence-corrected chi connectivity index (χ2v) is 10.6. The summed E-state index contributed by atoms with van der Waals surface area (Å²) in [5, 5.41) is 8.84. The number of para-hydroxylation sites is 1. The molecule has 0 radical (unpaired) electrons. The Hall–Kier alpha value is -3.07. The number of nitrogens with one attached hydrogen (secondary N) is 3. The lowest BCUT2D eigenvalue weighted by Gasteiger charge is -2.29.